The van der Waals surface area contributed by atoms with Crippen molar-refractivity contribution in [2.24, 2.45) is 0 Å². The molecule has 1 fully saturated rings. The van der Waals surface area contributed by atoms with Crippen molar-refractivity contribution in [1.82, 2.24) is 5.32 Å². The summed E-state index contributed by atoms with van der Waals surface area (Å²) in [6.07, 6.45) is -4.77. The fourth-order valence-electron chi connectivity index (χ4n) is 3.38. The minimum atomic E-state index is -1.06. The molecule has 11 heteroatoms. The number of esters is 1. The molecule has 0 aromatic heterocycles. The molecule has 1 aliphatic rings. The van der Waals surface area contributed by atoms with Gasteiger partial charge >= 0.3 is 11.9 Å². The Kier molecular flexibility index (Phi) is 10.7. The number of nitrogens with one attached hydrogen (secondary N) is 1. The van der Waals surface area contributed by atoms with Crippen LogP contribution in [0.1, 0.15) is 57.6 Å². The number of carbonyl (C=O) groups excluding carboxylic acids is 2. The molecule has 0 aliphatic carbocycles. The van der Waals surface area contributed by atoms with Crippen molar-refractivity contribution in [1.29, 1.82) is 0 Å². The van der Waals surface area contributed by atoms with E-state index < -0.39 is 54.7 Å². The molecule has 1 aliphatic heterocycles. The molecule has 1 aromatic rings. The highest BCUT2D eigenvalue weighted by Gasteiger charge is 2.38. The van der Waals surface area contributed by atoms with E-state index in [1.54, 1.807) is 13.8 Å². The Morgan fingerprint density at radius 1 is 1.18 bits per heavy atom. The molecule has 0 saturated carbocycles. The summed E-state index contributed by atoms with van der Waals surface area (Å²) >= 11 is 0. The summed E-state index contributed by atoms with van der Waals surface area (Å²) in [7, 11) is 0. The lowest BCUT2D eigenvalue weighted by Crippen LogP contribution is -2.49. The number of aromatic hydroxyl groups is 1. The van der Waals surface area contributed by atoms with E-state index in [-0.39, 0.29) is 44.4 Å². The average Bonchev–Trinajstić information content (AvgIpc) is 2.78. The molecule has 0 spiro atoms. The van der Waals surface area contributed by atoms with Gasteiger partial charge in [-0.2, -0.15) is 0 Å². The van der Waals surface area contributed by atoms with Gasteiger partial charge in [-0.05, 0) is 38.0 Å². The Hall–Kier alpha value is -2.73. The van der Waals surface area contributed by atoms with Crippen molar-refractivity contribution >= 4 is 17.8 Å². The van der Waals surface area contributed by atoms with Crippen molar-refractivity contribution in [3.05, 3.63) is 29.8 Å². The third kappa shape index (κ3) is 9.26. The molecule has 1 aromatic carbocycles. The highest BCUT2D eigenvalue weighted by Crippen LogP contribution is 2.25. The predicted octanol–water partition coefficient (Wildman–Crippen LogP) is 0.999. The van der Waals surface area contributed by atoms with Crippen LogP contribution in [0, 0.1) is 0 Å². The van der Waals surface area contributed by atoms with Gasteiger partial charge in [-0.25, -0.2) is 0 Å². The number of ether oxygens (including phenoxy) is 3. The molecular formula is C23H33NO10. The summed E-state index contributed by atoms with van der Waals surface area (Å²) in [4.78, 5) is 34.8. The van der Waals surface area contributed by atoms with Crippen LogP contribution in [0.2, 0.25) is 0 Å². The Labute approximate surface area is 197 Å². The van der Waals surface area contributed by atoms with Crippen LogP contribution in [-0.4, -0.2) is 75.5 Å². The molecule has 6 atom stereocenters. The number of aliphatic hydroxyl groups excluding tert-OH is 2. The van der Waals surface area contributed by atoms with Gasteiger partial charge < -0.3 is 40.0 Å². The van der Waals surface area contributed by atoms with Crippen LogP contribution in [0.15, 0.2) is 24.3 Å². The van der Waals surface area contributed by atoms with Crippen molar-refractivity contribution in [2.45, 2.75) is 82.8 Å². The molecule has 2 rings (SSSR count). The summed E-state index contributed by atoms with van der Waals surface area (Å²) in [6.45, 7) is 3.30. The van der Waals surface area contributed by atoms with Crippen molar-refractivity contribution < 1.29 is 49.0 Å². The fraction of sp³-hybridized carbons (Fsp3) is 0.609. The molecule has 1 amide bonds. The largest absolute Gasteiger partial charge is 0.508 e. The lowest BCUT2D eigenvalue weighted by atomic mass is 10.0. The van der Waals surface area contributed by atoms with Gasteiger partial charge in [0, 0.05) is 25.8 Å². The number of phenolic OH excluding ortho intramolecular Hbond substituents is 1. The van der Waals surface area contributed by atoms with Gasteiger partial charge in [0.25, 0.3) is 0 Å². The summed E-state index contributed by atoms with van der Waals surface area (Å²) < 4.78 is 16.5. The van der Waals surface area contributed by atoms with E-state index in [0.717, 1.165) is 0 Å². The van der Waals surface area contributed by atoms with Gasteiger partial charge in [-0.15, -0.1) is 0 Å². The van der Waals surface area contributed by atoms with Crippen LogP contribution in [0.4, 0.5) is 0 Å². The monoisotopic (exact) mass is 483 g/mol. The lowest BCUT2D eigenvalue weighted by Gasteiger charge is -2.38. The second-order valence-corrected chi connectivity index (χ2v) is 8.33. The minimum absolute atomic E-state index is 0.0510. The quantitative estimate of drug-likeness (QED) is 0.270. The summed E-state index contributed by atoms with van der Waals surface area (Å²) in [6, 6.07) is 5.94. The van der Waals surface area contributed by atoms with Gasteiger partial charge in [0.1, 0.15) is 18.0 Å². The first-order valence-electron chi connectivity index (χ1n) is 11.2. The Morgan fingerprint density at radius 3 is 2.50 bits per heavy atom. The topological polar surface area (TPSA) is 172 Å². The molecule has 1 saturated heterocycles. The third-order valence-electron chi connectivity index (χ3n) is 5.40. The van der Waals surface area contributed by atoms with Crippen LogP contribution >= 0.6 is 0 Å². The van der Waals surface area contributed by atoms with Crippen molar-refractivity contribution in [3.8, 4) is 5.75 Å². The number of rotatable bonds is 12. The maximum Gasteiger partial charge on any atom is 0.306 e. The zero-order valence-corrected chi connectivity index (χ0v) is 19.3. The number of aliphatic hydroxyl groups is 2. The summed E-state index contributed by atoms with van der Waals surface area (Å²) in [5, 5.41) is 40.9. The van der Waals surface area contributed by atoms with Crippen LogP contribution in [0.3, 0.4) is 0 Å². The number of carboxylic acid groups (broad SMARTS) is 1. The van der Waals surface area contributed by atoms with Gasteiger partial charge in [0.2, 0.25) is 5.91 Å². The van der Waals surface area contributed by atoms with Crippen molar-refractivity contribution in [2.75, 3.05) is 6.54 Å². The molecule has 0 radical (unpaired) electrons. The van der Waals surface area contributed by atoms with Gasteiger partial charge in [0.15, 0.2) is 6.29 Å². The zero-order chi connectivity index (χ0) is 25.3. The van der Waals surface area contributed by atoms with E-state index in [9.17, 15) is 29.7 Å². The number of aliphatic carboxylic acids is 1. The number of hydrogen-bond acceptors (Lipinski definition) is 9. The van der Waals surface area contributed by atoms with Gasteiger partial charge in [0.05, 0.1) is 24.7 Å². The maximum absolute atomic E-state index is 12.2. The van der Waals surface area contributed by atoms with E-state index in [4.69, 9.17) is 19.3 Å². The predicted molar refractivity (Wildman–Crippen MR) is 118 cm³/mol. The smallest absolute Gasteiger partial charge is 0.306 e. The number of benzene rings is 1. The Bertz CT molecular complexity index is 814. The van der Waals surface area contributed by atoms with E-state index in [1.165, 1.54) is 24.3 Å². The van der Waals surface area contributed by atoms with E-state index in [1.807, 2.05) is 0 Å². The number of phenols is 1. The molecule has 0 bridgehead atoms. The van der Waals surface area contributed by atoms with E-state index in [0.29, 0.717) is 5.56 Å². The summed E-state index contributed by atoms with van der Waals surface area (Å²) in [5.74, 6) is -1.94. The Morgan fingerprint density at radius 2 is 1.85 bits per heavy atom. The number of amides is 1. The number of carbonyl (C=O) groups is 3. The highest BCUT2D eigenvalue weighted by atomic mass is 16.7. The molecule has 190 valence electrons. The highest BCUT2D eigenvalue weighted by molar-refractivity contribution is 5.81. The Balaban J connectivity index is 1.69. The lowest BCUT2D eigenvalue weighted by molar-refractivity contribution is -0.276. The number of hydrogen-bond donors (Lipinski definition) is 5. The molecule has 3 unspecified atom stereocenters. The third-order valence-corrected chi connectivity index (χ3v) is 5.40. The first-order valence-corrected chi connectivity index (χ1v) is 11.2. The van der Waals surface area contributed by atoms with Crippen LogP contribution in [0.5, 0.6) is 5.75 Å². The SMILES string of the molecule is CC(CCC(=O)O)O[C@@H]1OC(C)[C@H](OC(=O)CCC(=O)NC[C@H](O)c2ccc(O)cc2)CC1O. The normalized spacial score (nSPS) is 24.1. The second kappa shape index (κ2) is 13.2. The van der Waals surface area contributed by atoms with Crippen LogP contribution in [-0.2, 0) is 28.6 Å². The van der Waals surface area contributed by atoms with Crippen molar-refractivity contribution in [3.63, 3.8) is 0 Å². The van der Waals surface area contributed by atoms with E-state index >= 15 is 0 Å². The maximum atomic E-state index is 12.2. The molecule has 1 heterocycles. The zero-order valence-electron chi connectivity index (χ0n) is 19.3. The van der Waals surface area contributed by atoms with Gasteiger partial charge in [-0.3, -0.25) is 14.4 Å². The molecular weight excluding hydrogens is 450 g/mol. The number of carboxylic acids is 1. The van der Waals surface area contributed by atoms with Crippen LogP contribution in [0.25, 0.3) is 0 Å². The standard InChI is InChI=1S/C23H33NO10/c1-13(3-9-21(29)30)32-23-17(26)11-19(14(2)33-23)34-22(31)10-8-20(28)24-12-18(27)15-4-6-16(25)7-5-15/h4-7,13-14,17-19,23,25-27H,3,8-12H2,1-2H3,(H,24,28)(H,29,30)/t13?,14?,17?,18-,19+,23+/m0/s1. The fourth-order valence-corrected chi connectivity index (χ4v) is 3.38. The first kappa shape index (κ1) is 27.5. The summed E-state index contributed by atoms with van der Waals surface area (Å²) in [5.41, 5.74) is 0.529. The minimum Gasteiger partial charge on any atom is -0.508 e. The van der Waals surface area contributed by atoms with E-state index in [2.05, 4.69) is 5.32 Å². The molecule has 5 N–H and O–H groups in total. The van der Waals surface area contributed by atoms with Gasteiger partial charge in [-0.1, -0.05) is 12.1 Å². The molecule has 11 nitrogen and oxygen atoms in total. The second-order valence-electron chi connectivity index (χ2n) is 8.33. The van der Waals surface area contributed by atoms with Crippen LogP contribution < -0.4 is 5.32 Å². The average molecular weight is 484 g/mol. The first-order chi connectivity index (χ1) is 16.0. The molecule has 34 heavy (non-hydrogen) atoms.